The fraction of sp³-hybridized carbons (Fsp3) is 0.357. The summed E-state index contributed by atoms with van der Waals surface area (Å²) in [6, 6.07) is 7.60. The smallest absolute Gasteiger partial charge is 0.228 e. The highest BCUT2D eigenvalue weighted by Gasteiger charge is 2.21. The van der Waals surface area contributed by atoms with Gasteiger partial charge in [0.05, 0.1) is 17.3 Å². The molecule has 1 aliphatic heterocycles. The third kappa shape index (κ3) is 2.70. The number of nitrogens with one attached hydrogen (secondary N) is 2. The molecule has 6 heteroatoms. The van der Waals surface area contributed by atoms with Crippen LogP contribution >= 0.6 is 0 Å². The lowest BCUT2D eigenvalue weighted by Gasteiger charge is -2.22. The Morgan fingerprint density at radius 3 is 3.05 bits per heavy atom. The molecular formula is C14H17N5O. The zero-order valence-electron chi connectivity index (χ0n) is 11.1. The second kappa shape index (κ2) is 5.83. The van der Waals surface area contributed by atoms with Crippen molar-refractivity contribution < 1.29 is 4.79 Å². The first-order valence-electron chi connectivity index (χ1n) is 6.80. The highest BCUT2D eigenvalue weighted by Crippen LogP contribution is 2.20. The number of piperidine rings is 1. The van der Waals surface area contributed by atoms with E-state index in [4.69, 9.17) is 0 Å². The second-order valence-electron chi connectivity index (χ2n) is 4.89. The van der Waals surface area contributed by atoms with Crippen molar-refractivity contribution in [3.63, 3.8) is 0 Å². The molecule has 1 atom stereocenters. The fourth-order valence-corrected chi connectivity index (χ4v) is 2.42. The van der Waals surface area contributed by atoms with Crippen LogP contribution < -0.4 is 10.6 Å². The molecule has 2 aromatic rings. The Morgan fingerprint density at radius 2 is 2.30 bits per heavy atom. The first kappa shape index (κ1) is 12.8. The number of hydrogen-bond acceptors (Lipinski definition) is 4. The molecule has 20 heavy (non-hydrogen) atoms. The average molecular weight is 271 g/mol. The van der Waals surface area contributed by atoms with Gasteiger partial charge in [-0.1, -0.05) is 12.1 Å². The third-order valence-electron chi connectivity index (χ3n) is 3.50. The number of carbonyl (C=O) groups is 1. The summed E-state index contributed by atoms with van der Waals surface area (Å²) in [5.74, 6) is 0.0947. The van der Waals surface area contributed by atoms with Crippen LogP contribution in [0.1, 0.15) is 12.8 Å². The van der Waals surface area contributed by atoms with Crippen LogP contribution in [0.4, 0.5) is 5.69 Å². The van der Waals surface area contributed by atoms with E-state index in [0.717, 1.165) is 37.3 Å². The van der Waals surface area contributed by atoms with Crippen molar-refractivity contribution in [2.75, 3.05) is 18.4 Å². The van der Waals surface area contributed by atoms with Crippen molar-refractivity contribution >= 4 is 11.6 Å². The average Bonchev–Trinajstić information content (AvgIpc) is 3.03. The molecule has 0 aliphatic carbocycles. The molecule has 1 unspecified atom stereocenters. The standard InChI is InChI=1S/C14H17N5O/c20-14(11-4-3-7-15-8-11)18-12-5-1-2-6-13(12)19-10-16-9-17-19/h1-2,5-6,9-11,15H,3-4,7-8H2,(H,18,20). The molecule has 0 spiro atoms. The molecule has 1 amide bonds. The second-order valence-corrected chi connectivity index (χ2v) is 4.89. The van der Waals surface area contributed by atoms with Crippen molar-refractivity contribution in [1.29, 1.82) is 0 Å². The normalized spacial score (nSPS) is 18.7. The molecule has 1 aromatic heterocycles. The van der Waals surface area contributed by atoms with Gasteiger partial charge in [-0.05, 0) is 31.5 Å². The van der Waals surface area contributed by atoms with E-state index in [1.54, 1.807) is 11.0 Å². The third-order valence-corrected chi connectivity index (χ3v) is 3.50. The van der Waals surface area contributed by atoms with E-state index in [9.17, 15) is 4.79 Å². The van der Waals surface area contributed by atoms with Gasteiger partial charge in [-0.2, -0.15) is 5.10 Å². The molecule has 0 bridgehead atoms. The van der Waals surface area contributed by atoms with E-state index in [0.29, 0.717) is 0 Å². The lowest BCUT2D eigenvalue weighted by Crippen LogP contribution is -2.37. The largest absolute Gasteiger partial charge is 0.324 e. The summed E-state index contributed by atoms with van der Waals surface area (Å²) in [6.45, 7) is 1.75. The monoisotopic (exact) mass is 271 g/mol. The van der Waals surface area contributed by atoms with Gasteiger partial charge in [0, 0.05) is 6.54 Å². The van der Waals surface area contributed by atoms with Crippen LogP contribution in [0.2, 0.25) is 0 Å². The van der Waals surface area contributed by atoms with E-state index in [-0.39, 0.29) is 11.8 Å². The number of hydrogen-bond donors (Lipinski definition) is 2. The first-order valence-corrected chi connectivity index (χ1v) is 6.80. The summed E-state index contributed by atoms with van der Waals surface area (Å²) in [4.78, 5) is 16.2. The Hall–Kier alpha value is -2.21. The molecule has 1 fully saturated rings. The quantitative estimate of drug-likeness (QED) is 0.880. The van der Waals surface area contributed by atoms with Gasteiger partial charge in [0.25, 0.3) is 0 Å². The molecular weight excluding hydrogens is 254 g/mol. The predicted molar refractivity (Wildman–Crippen MR) is 75.6 cm³/mol. The summed E-state index contributed by atoms with van der Waals surface area (Å²) in [7, 11) is 0. The maximum absolute atomic E-state index is 12.3. The van der Waals surface area contributed by atoms with Crippen molar-refractivity contribution in [2.45, 2.75) is 12.8 Å². The Bertz CT molecular complexity index is 575. The van der Waals surface area contributed by atoms with Crippen LogP contribution in [0.5, 0.6) is 0 Å². The van der Waals surface area contributed by atoms with Crippen molar-refractivity contribution in [3.8, 4) is 5.69 Å². The van der Waals surface area contributed by atoms with Gasteiger partial charge in [0.2, 0.25) is 5.91 Å². The summed E-state index contributed by atoms with van der Waals surface area (Å²) in [5.41, 5.74) is 1.58. The fourth-order valence-electron chi connectivity index (χ4n) is 2.42. The summed E-state index contributed by atoms with van der Waals surface area (Å²) >= 11 is 0. The lowest BCUT2D eigenvalue weighted by molar-refractivity contribution is -0.120. The Morgan fingerprint density at radius 1 is 1.40 bits per heavy atom. The van der Waals surface area contributed by atoms with Gasteiger partial charge in [-0.15, -0.1) is 0 Å². The number of aromatic nitrogens is 3. The number of benzene rings is 1. The molecule has 2 N–H and O–H groups in total. The number of amides is 1. The maximum Gasteiger partial charge on any atom is 0.228 e. The minimum absolute atomic E-state index is 0.0348. The van der Waals surface area contributed by atoms with Crippen LogP contribution in [0, 0.1) is 5.92 Å². The number of para-hydroxylation sites is 2. The van der Waals surface area contributed by atoms with Crippen LogP contribution in [0.25, 0.3) is 5.69 Å². The molecule has 1 saturated heterocycles. The first-order chi connectivity index (χ1) is 9.84. The van der Waals surface area contributed by atoms with E-state index < -0.39 is 0 Å². The highest BCUT2D eigenvalue weighted by atomic mass is 16.1. The van der Waals surface area contributed by atoms with E-state index in [1.165, 1.54) is 6.33 Å². The molecule has 0 saturated carbocycles. The van der Waals surface area contributed by atoms with Gasteiger partial charge in [-0.3, -0.25) is 4.79 Å². The number of rotatable bonds is 3. The summed E-state index contributed by atoms with van der Waals surface area (Å²) in [5, 5.41) is 10.4. The van der Waals surface area contributed by atoms with Gasteiger partial charge in [-0.25, -0.2) is 9.67 Å². The minimum atomic E-state index is 0.0348. The molecule has 6 nitrogen and oxygen atoms in total. The SMILES string of the molecule is O=C(Nc1ccccc1-n1cncn1)C1CCCNC1. The predicted octanol–water partition coefficient (Wildman–Crippen LogP) is 1.21. The maximum atomic E-state index is 12.3. The van der Waals surface area contributed by atoms with Crippen molar-refractivity contribution in [1.82, 2.24) is 20.1 Å². The number of nitrogens with zero attached hydrogens (tertiary/aromatic N) is 3. The molecule has 0 radical (unpaired) electrons. The topological polar surface area (TPSA) is 71.8 Å². The number of carbonyl (C=O) groups excluding carboxylic acids is 1. The molecule has 3 rings (SSSR count). The van der Waals surface area contributed by atoms with Gasteiger partial charge < -0.3 is 10.6 Å². The summed E-state index contributed by atoms with van der Waals surface area (Å²) in [6.07, 6.45) is 5.07. The molecule has 2 heterocycles. The molecule has 1 aliphatic rings. The lowest BCUT2D eigenvalue weighted by atomic mass is 9.99. The van der Waals surface area contributed by atoms with Crippen LogP contribution in [-0.2, 0) is 4.79 Å². The van der Waals surface area contributed by atoms with E-state index >= 15 is 0 Å². The minimum Gasteiger partial charge on any atom is -0.324 e. The number of anilines is 1. The Labute approximate surface area is 117 Å². The van der Waals surface area contributed by atoms with Crippen molar-refractivity contribution in [2.24, 2.45) is 5.92 Å². The Kier molecular flexibility index (Phi) is 3.73. The molecule has 104 valence electrons. The van der Waals surface area contributed by atoms with Gasteiger partial charge in [0.15, 0.2) is 0 Å². The zero-order chi connectivity index (χ0) is 13.8. The zero-order valence-corrected chi connectivity index (χ0v) is 11.1. The Balaban J connectivity index is 1.79. The van der Waals surface area contributed by atoms with Gasteiger partial charge in [0.1, 0.15) is 12.7 Å². The van der Waals surface area contributed by atoms with Crippen LogP contribution in [-0.4, -0.2) is 33.8 Å². The highest BCUT2D eigenvalue weighted by molar-refractivity contribution is 5.94. The van der Waals surface area contributed by atoms with Crippen molar-refractivity contribution in [3.05, 3.63) is 36.9 Å². The van der Waals surface area contributed by atoms with E-state index in [2.05, 4.69) is 20.7 Å². The van der Waals surface area contributed by atoms with Crippen LogP contribution in [0.3, 0.4) is 0 Å². The molecule has 1 aromatic carbocycles. The van der Waals surface area contributed by atoms with Gasteiger partial charge >= 0.3 is 0 Å². The van der Waals surface area contributed by atoms with Crippen LogP contribution in [0.15, 0.2) is 36.9 Å². The van der Waals surface area contributed by atoms with E-state index in [1.807, 2.05) is 24.3 Å². The summed E-state index contributed by atoms with van der Waals surface area (Å²) < 4.78 is 1.65.